The van der Waals surface area contributed by atoms with Crippen LogP contribution in [0.15, 0.2) is 23.5 Å². The fourth-order valence-electron chi connectivity index (χ4n) is 4.95. The molecule has 8 nitrogen and oxygen atoms in total. The van der Waals surface area contributed by atoms with Crippen LogP contribution in [0.25, 0.3) is 10.8 Å². The van der Waals surface area contributed by atoms with Crippen LogP contribution in [-0.2, 0) is 16.0 Å². The molecule has 0 fully saturated rings. The number of hydrogen-bond donors (Lipinski definition) is 5. The zero-order valence-corrected chi connectivity index (χ0v) is 16.7. The van der Waals surface area contributed by atoms with Gasteiger partial charge in [0.2, 0.25) is 0 Å². The summed E-state index contributed by atoms with van der Waals surface area (Å²) in [5.74, 6) is -4.83. The molecule has 0 saturated carbocycles. The average molecular weight is 410 g/mol. The van der Waals surface area contributed by atoms with Gasteiger partial charge < -0.3 is 26.8 Å². The number of phenols is 2. The summed E-state index contributed by atoms with van der Waals surface area (Å²) < 4.78 is 0. The van der Waals surface area contributed by atoms with Crippen LogP contribution in [0.4, 0.5) is 0 Å². The molecule has 3 atom stereocenters. The number of amides is 1. The van der Waals surface area contributed by atoms with Crippen LogP contribution >= 0.6 is 0 Å². The number of nitrogens with two attached hydrogens (primary N) is 2. The first-order chi connectivity index (χ1) is 13.9. The van der Waals surface area contributed by atoms with Crippen LogP contribution in [0.3, 0.4) is 0 Å². The average Bonchev–Trinajstić information content (AvgIpc) is 2.68. The molecule has 7 N–H and O–H groups in total. The number of Topliss-reactive ketones (excluding diaryl/α,β-unsaturated/α-hetero) is 2. The monoisotopic (exact) mass is 410 g/mol. The Balaban J connectivity index is 2.07. The van der Waals surface area contributed by atoms with Gasteiger partial charge in [0.05, 0.1) is 22.4 Å². The Bertz CT molecular complexity index is 1230. The van der Waals surface area contributed by atoms with E-state index < -0.39 is 51.9 Å². The lowest BCUT2D eigenvalue weighted by atomic mass is 9.55. The lowest BCUT2D eigenvalue weighted by molar-refractivity contribution is -0.129. The zero-order chi connectivity index (χ0) is 22.3. The fourth-order valence-corrected chi connectivity index (χ4v) is 4.95. The maximum Gasteiger partial charge on any atom is 0.255 e. The SMILES string of the molecule is Cc1ccc2c(C)c3c(c(O)c2c1O)C(=O)C1(C)C(=O)C(C(N)=O)=C(O)[C@H](N)C1C3. The lowest BCUT2D eigenvalue weighted by Crippen LogP contribution is -2.59. The van der Waals surface area contributed by atoms with Crippen molar-refractivity contribution < 1.29 is 29.7 Å². The molecule has 156 valence electrons. The number of hydrogen-bond acceptors (Lipinski definition) is 7. The number of fused-ring (bicyclic) bond motifs is 3. The predicted molar refractivity (Wildman–Crippen MR) is 108 cm³/mol. The van der Waals surface area contributed by atoms with Gasteiger partial charge in [-0.05, 0) is 49.3 Å². The third-order valence-corrected chi connectivity index (χ3v) is 6.83. The first-order valence-electron chi connectivity index (χ1n) is 9.49. The van der Waals surface area contributed by atoms with E-state index in [1.54, 1.807) is 26.0 Å². The highest BCUT2D eigenvalue weighted by atomic mass is 16.3. The normalized spacial score (nSPS) is 26.0. The quantitative estimate of drug-likeness (QED) is 0.350. The predicted octanol–water partition coefficient (Wildman–Crippen LogP) is 1.44. The Morgan fingerprint density at radius 2 is 1.73 bits per heavy atom. The van der Waals surface area contributed by atoms with E-state index in [9.17, 15) is 29.7 Å². The molecule has 0 heterocycles. The van der Waals surface area contributed by atoms with Crippen LogP contribution in [0.1, 0.15) is 34.0 Å². The van der Waals surface area contributed by atoms with E-state index in [0.717, 1.165) is 0 Å². The highest BCUT2D eigenvalue weighted by Gasteiger charge is 2.60. The van der Waals surface area contributed by atoms with E-state index in [-0.39, 0.29) is 23.1 Å². The van der Waals surface area contributed by atoms with E-state index in [1.807, 2.05) is 0 Å². The van der Waals surface area contributed by atoms with Gasteiger partial charge in [-0.15, -0.1) is 0 Å². The van der Waals surface area contributed by atoms with Crippen molar-refractivity contribution in [1.82, 2.24) is 0 Å². The molecular formula is C22H22N2O6. The van der Waals surface area contributed by atoms with Gasteiger partial charge in [-0.25, -0.2) is 0 Å². The van der Waals surface area contributed by atoms with Gasteiger partial charge in [-0.2, -0.15) is 0 Å². The van der Waals surface area contributed by atoms with Crippen LogP contribution < -0.4 is 11.5 Å². The summed E-state index contributed by atoms with van der Waals surface area (Å²) in [6.45, 7) is 4.78. The summed E-state index contributed by atoms with van der Waals surface area (Å²) in [4.78, 5) is 38.6. The Hall–Kier alpha value is -3.39. The fraction of sp³-hybridized carbons (Fsp3) is 0.318. The topological polar surface area (TPSA) is 164 Å². The lowest BCUT2D eigenvalue weighted by Gasteiger charge is -2.46. The number of rotatable bonds is 1. The summed E-state index contributed by atoms with van der Waals surface area (Å²) in [5, 5.41) is 32.6. The number of carbonyl (C=O) groups is 3. The van der Waals surface area contributed by atoms with Gasteiger partial charge in [0, 0.05) is 5.92 Å². The second-order valence-corrected chi connectivity index (χ2v) is 8.30. The first-order valence-corrected chi connectivity index (χ1v) is 9.49. The van der Waals surface area contributed by atoms with Crippen molar-refractivity contribution in [3.8, 4) is 11.5 Å². The number of aryl methyl sites for hydroxylation is 2. The van der Waals surface area contributed by atoms with Crippen molar-refractivity contribution in [3.05, 3.63) is 45.7 Å². The molecule has 2 aromatic carbocycles. The van der Waals surface area contributed by atoms with Crippen molar-refractivity contribution in [2.45, 2.75) is 33.2 Å². The summed E-state index contributed by atoms with van der Waals surface area (Å²) in [7, 11) is 0. The smallest absolute Gasteiger partial charge is 0.255 e. The molecule has 8 heteroatoms. The molecule has 1 amide bonds. The van der Waals surface area contributed by atoms with Gasteiger partial charge in [-0.1, -0.05) is 12.1 Å². The van der Waals surface area contributed by atoms with Crippen molar-refractivity contribution >= 4 is 28.2 Å². The summed E-state index contributed by atoms with van der Waals surface area (Å²) in [6.07, 6.45) is 0.116. The molecule has 30 heavy (non-hydrogen) atoms. The van der Waals surface area contributed by atoms with E-state index in [4.69, 9.17) is 11.5 Å². The van der Waals surface area contributed by atoms with Crippen molar-refractivity contribution in [3.63, 3.8) is 0 Å². The molecule has 0 aromatic heterocycles. The number of phenolic OH excluding ortho intramolecular Hbond substituents is 2. The number of aromatic hydroxyl groups is 2. The van der Waals surface area contributed by atoms with E-state index in [1.165, 1.54) is 6.92 Å². The minimum atomic E-state index is -1.79. The highest BCUT2D eigenvalue weighted by Crippen LogP contribution is 2.52. The molecule has 2 aromatic rings. The number of ketones is 2. The molecule has 2 aliphatic carbocycles. The second-order valence-electron chi connectivity index (χ2n) is 8.30. The molecule has 0 spiro atoms. The van der Waals surface area contributed by atoms with Crippen LogP contribution in [0.5, 0.6) is 11.5 Å². The molecule has 2 unspecified atom stereocenters. The van der Waals surface area contributed by atoms with Crippen LogP contribution in [0, 0.1) is 25.2 Å². The Morgan fingerprint density at radius 3 is 2.33 bits per heavy atom. The Labute approximate surface area is 171 Å². The Kier molecular flexibility index (Phi) is 4.02. The molecule has 2 aliphatic rings. The molecule has 0 aliphatic heterocycles. The number of primary amides is 1. The van der Waals surface area contributed by atoms with Gasteiger partial charge in [-0.3, -0.25) is 14.4 Å². The van der Waals surface area contributed by atoms with Gasteiger partial charge in [0.15, 0.2) is 11.6 Å². The van der Waals surface area contributed by atoms with Gasteiger partial charge in [0.1, 0.15) is 22.8 Å². The zero-order valence-electron chi connectivity index (χ0n) is 16.7. The molecule has 0 bridgehead atoms. The van der Waals surface area contributed by atoms with Gasteiger partial charge >= 0.3 is 0 Å². The van der Waals surface area contributed by atoms with Gasteiger partial charge in [0.25, 0.3) is 5.91 Å². The second kappa shape index (κ2) is 6.06. The van der Waals surface area contributed by atoms with Crippen LogP contribution in [-0.4, -0.2) is 38.8 Å². The number of carbonyl (C=O) groups excluding carboxylic acids is 3. The third-order valence-electron chi connectivity index (χ3n) is 6.83. The molecule has 4 rings (SSSR count). The van der Waals surface area contributed by atoms with E-state index >= 15 is 0 Å². The minimum absolute atomic E-state index is 0.0783. The van der Waals surface area contributed by atoms with Crippen molar-refractivity contribution in [2.75, 3.05) is 0 Å². The molecule has 0 radical (unpaired) electrons. The number of aliphatic hydroxyl groups is 1. The standard InChI is InChI=1S/C22H22N2O6/c1-7-4-5-9-8(2)10-6-11-15(23)18(27)14(21(24)30)20(29)22(11,3)19(28)13(10)17(26)12(9)16(7)25/h4-5,11,15,25-27H,6,23H2,1-3H3,(H2,24,30)/t11?,15-,22?/m1/s1. The summed E-state index contributed by atoms with van der Waals surface area (Å²) in [6, 6.07) is 2.29. The molecular weight excluding hydrogens is 388 g/mol. The van der Waals surface area contributed by atoms with Crippen molar-refractivity contribution in [2.24, 2.45) is 22.8 Å². The largest absolute Gasteiger partial charge is 0.510 e. The first kappa shape index (κ1) is 19.9. The maximum atomic E-state index is 13.6. The highest BCUT2D eigenvalue weighted by molar-refractivity contribution is 6.31. The number of benzene rings is 2. The minimum Gasteiger partial charge on any atom is -0.510 e. The maximum absolute atomic E-state index is 13.6. The Morgan fingerprint density at radius 1 is 1.10 bits per heavy atom. The van der Waals surface area contributed by atoms with E-state index in [2.05, 4.69) is 0 Å². The third kappa shape index (κ3) is 2.16. The van der Waals surface area contributed by atoms with Crippen molar-refractivity contribution in [1.29, 1.82) is 0 Å². The van der Waals surface area contributed by atoms with E-state index in [0.29, 0.717) is 22.1 Å². The number of aliphatic hydroxyl groups excluding tert-OH is 1. The molecule has 0 saturated heterocycles. The summed E-state index contributed by atoms with van der Waals surface area (Å²) in [5.41, 5.74) is 10.5. The summed E-state index contributed by atoms with van der Waals surface area (Å²) >= 11 is 0. The van der Waals surface area contributed by atoms with Crippen LogP contribution in [0.2, 0.25) is 0 Å².